The number of nitrogens with one attached hydrogen (secondary N) is 1. The number of ether oxygens (including phenoxy) is 1. The molecule has 2 heterocycles. The fourth-order valence-electron chi connectivity index (χ4n) is 2.11. The molecule has 0 radical (unpaired) electrons. The first-order chi connectivity index (χ1) is 11.2. The first kappa shape index (κ1) is 18.6. The molecule has 0 spiro atoms. The Kier molecular flexibility index (Phi) is 5.76. The second kappa shape index (κ2) is 7.43. The molecule has 11 heteroatoms. The smallest absolute Gasteiger partial charge is 0.350 e. The van der Waals surface area contributed by atoms with E-state index in [4.69, 9.17) is 14.5 Å². The molecule has 0 aliphatic carbocycles. The van der Waals surface area contributed by atoms with E-state index in [1.165, 1.54) is 0 Å². The summed E-state index contributed by atoms with van der Waals surface area (Å²) in [6, 6.07) is 0. The van der Waals surface area contributed by atoms with Gasteiger partial charge in [-0.15, -0.1) is 0 Å². The molecular weight excluding hydrogens is 335 g/mol. The fourth-order valence-corrected chi connectivity index (χ4v) is 2.56. The maximum Gasteiger partial charge on any atom is 0.350 e. The highest BCUT2D eigenvalue weighted by atomic mass is 31.2. The van der Waals surface area contributed by atoms with E-state index < -0.39 is 20.0 Å². The van der Waals surface area contributed by atoms with Gasteiger partial charge in [-0.2, -0.15) is 9.97 Å². The molecule has 0 fully saturated rings. The number of hydrogen-bond acceptors (Lipinski definition) is 7. The zero-order chi connectivity index (χ0) is 17.9. The van der Waals surface area contributed by atoms with Crippen molar-refractivity contribution in [3.05, 3.63) is 6.33 Å². The molecular formula is C13H23N6O4P. The summed E-state index contributed by atoms with van der Waals surface area (Å²) in [6.45, 7) is 4.78. The molecule has 0 saturated heterocycles. The molecule has 0 amide bonds. The second-order valence-electron chi connectivity index (χ2n) is 5.64. The van der Waals surface area contributed by atoms with Gasteiger partial charge >= 0.3 is 7.60 Å². The van der Waals surface area contributed by atoms with Crippen LogP contribution >= 0.6 is 7.60 Å². The van der Waals surface area contributed by atoms with Crippen LogP contribution < -0.4 is 10.2 Å². The Morgan fingerprint density at radius 3 is 2.71 bits per heavy atom. The Balaban J connectivity index is 2.29. The summed E-state index contributed by atoms with van der Waals surface area (Å²) < 4.78 is 17.9. The SMILES string of the molecule is CCNc1nc(N(C)C)nc2c1ncn2C[C@@H](C)OCP(=O)(O)O. The van der Waals surface area contributed by atoms with Crippen LogP contribution in [0.25, 0.3) is 11.2 Å². The molecule has 134 valence electrons. The van der Waals surface area contributed by atoms with Gasteiger partial charge in [0.05, 0.1) is 19.0 Å². The predicted octanol–water partition coefficient (Wildman–Crippen LogP) is 0.864. The van der Waals surface area contributed by atoms with Gasteiger partial charge in [0, 0.05) is 20.6 Å². The summed E-state index contributed by atoms with van der Waals surface area (Å²) >= 11 is 0. The van der Waals surface area contributed by atoms with Crippen LogP contribution in [0.5, 0.6) is 0 Å². The van der Waals surface area contributed by atoms with E-state index in [1.807, 2.05) is 21.0 Å². The summed E-state index contributed by atoms with van der Waals surface area (Å²) in [5, 5.41) is 3.17. The van der Waals surface area contributed by atoms with Crippen molar-refractivity contribution >= 4 is 30.5 Å². The molecule has 0 aromatic carbocycles. The maximum absolute atomic E-state index is 10.9. The van der Waals surface area contributed by atoms with Gasteiger partial charge in [0.15, 0.2) is 17.0 Å². The summed E-state index contributed by atoms with van der Waals surface area (Å²) in [7, 11) is -0.484. The Labute approximate surface area is 140 Å². The molecule has 0 aliphatic rings. The molecule has 3 N–H and O–H groups in total. The molecule has 10 nitrogen and oxygen atoms in total. The van der Waals surface area contributed by atoms with Gasteiger partial charge in [0.1, 0.15) is 6.35 Å². The number of rotatable bonds is 8. The van der Waals surface area contributed by atoms with E-state index in [2.05, 4.69) is 20.3 Å². The largest absolute Gasteiger partial charge is 0.368 e. The summed E-state index contributed by atoms with van der Waals surface area (Å²) in [6.07, 6.45) is 0.605. The average Bonchev–Trinajstić information content (AvgIpc) is 2.88. The van der Waals surface area contributed by atoms with E-state index >= 15 is 0 Å². The number of hydrogen-bond donors (Lipinski definition) is 3. The fraction of sp³-hybridized carbons (Fsp3) is 0.615. The number of imidazole rings is 1. The number of anilines is 2. The van der Waals surface area contributed by atoms with Gasteiger partial charge in [-0.25, -0.2) is 4.98 Å². The van der Waals surface area contributed by atoms with Crippen molar-refractivity contribution in [2.45, 2.75) is 26.5 Å². The van der Waals surface area contributed by atoms with Crippen molar-refractivity contribution in [3.63, 3.8) is 0 Å². The zero-order valence-corrected chi connectivity index (χ0v) is 15.1. The lowest BCUT2D eigenvalue weighted by Crippen LogP contribution is -2.18. The van der Waals surface area contributed by atoms with Crippen molar-refractivity contribution in [3.8, 4) is 0 Å². The lowest BCUT2D eigenvalue weighted by Gasteiger charge is -2.16. The summed E-state index contributed by atoms with van der Waals surface area (Å²) in [5.74, 6) is 1.19. The van der Waals surface area contributed by atoms with Crippen LogP contribution in [0.2, 0.25) is 0 Å². The van der Waals surface area contributed by atoms with Crippen LogP contribution in [0.3, 0.4) is 0 Å². The normalized spacial score (nSPS) is 13.2. The first-order valence-electron chi connectivity index (χ1n) is 7.51. The van der Waals surface area contributed by atoms with Gasteiger partial charge in [0.2, 0.25) is 5.95 Å². The van der Waals surface area contributed by atoms with Crippen LogP contribution in [0, 0.1) is 0 Å². The van der Waals surface area contributed by atoms with E-state index in [9.17, 15) is 4.57 Å². The highest BCUT2D eigenvalue weighted by molar-refractivity contribution is 7.51. The van der Waals surface area contributed by atoms with E-state index in [0.29, 0.717) is 36.0 Å². The third-order valence-electron chi connectivity index (χ3n) is 3.18. The monoisotopic (exact) mass is 358 g/mol. The van der Waals surface area contributed by atoms with Gasteiger partial charge in [-0.05, 0) is 13.8 Å². The van der Waals surface area contributed by atoms with Crippen LogP contribution in [0.1, 0.15) is 13.8 Å². The van der Waals surface area contributed by atoms with Gasteiger partial charge < -0.3 is 29.3 Å². The van der Waals surface area contributed by atoms with Crippen LogP contribution in [0.15, 0.2) is 6.33 Å². The number of nitrogens with zero attached hydrogens (tertiary/aromatic N) is 5. The van der Waals surface area contributed by atoms with Crippen LogP contribution in [-0.4, -0.2) is 62.4 Å². The lowest BCUT2D eigenvalue weighted by atomic mass is 10.4. The molecule has 1 atom stereocenters. The van der Waals surface area contributed by atoms with Crippen molar-refractivity contribution in [1.29, 1.82) is 0 Å². The average molecular weight is 358 g/mol. The van der Waals surface area contributed by atoms with Gasteiger partial charge in [-0.3, -0.25) is 4.57 Å². The molecule has 2 aromatic rings. The molecule has 24 heavy (non-hydrogen) atoms. The second-order valence-corrected chi connectivity index (χ2v) is 7.22. The number of aromatic nitrogens is 4. The Bertz CT molecular complexity index is 743. The van der Waals surface area contributed by atoms with Gasteiger partial charge in [-0.1, -0.05) is 0 Å². The van der Waals surface area contributed by atoms with Crippen molar-refractivity contribution in [1.82, 2.24) is 19.5 Å². The van der Waals surface area contributed by atoms with E-state index in [-0.39, 0.29) is 0 Å². The quantitative estimate of drug-likeness (QED) is 0.589. The van der Waals surface area contributed by atoms with Crippen molar-refractivity contribution in [2.75, 3.05) is 37.2 Å². The standard InChI is InChI=1S/C13H23N6O4P/c1-5-14-11-10-12(17-13(16-11)18(3)4)19(7-15-10)6-9(2)23-8-24(20,21)22/h7,9H,5-6,8H2,1-4H3,(H,14,16,17)(H2,20,21,22)/t9-/m1/s1. The molecule has 2 aromatic heterocycles. The highest BCUT2D eigenvalue weighted by Crippen LogP contribution is 2.34. The minimum atomic E-state index is -4.18. The maximum atomic E-state index is 10.9. The topological polar surface area (TPSA) is 126 Å². The van der Waals surface area contributed by atoms with E-state index in [0.717, 1.165) is 0 Å². The van der Waals surface area contributed by atoms with Crippen molar-refractivity contribution in [2.24, 2.45) is 0 Å². The molecule has 0 aliphatic heterocycles. The summed E-state index contributed by atoms with van der Waals surface area (Å²) in [4.78, 5) is 32.9. The summed E-state index contributed by atoms with van der Waals surface area (Å²) in [5.41, 5.74) is 1.28. The first-order valence-corrected chi connectivity index (χ1v) is 9.31. The lowest BCUT2D eigenvalue weighted by molar-refractivity contribution is 0.0764. The number of fused-ring (bicyclic) bond motifs is 1. The molecule has 2 rings (SSSR count). The van der Waals surface area contributed by atoms with Gasteiger partial charge in [0.25, 0.3) is 0 Å². The Hall–Kier alpha value is -1.74. The van der Waals surface area contributed by atoms with Crippen molar-refractivity contribution < 1.29 is 19.1 Å². The minimum absolute atomic E-state index is 0.367. The Morgan fingerprint density at radius 2 is 2.12 bits per heavy atom. The van der Waals surface area contributed by atoms with E-state index in [1.54, 1.807) is 22.7 Å². The predicted molar refractivity (Wildman–Crippen MR) is 91.3 cm³/mol. The highest BCUT2D eigenvalue weighted by Gasteiger charge is 2.18. The third kappa shape index (κ3) is 4.64. The molecule has 0 saturated carbocycles. The third-order valence-corrected chi connectivity index (χ3v) is 3.66. The van der Waals surface area contributed by atoms with Crippen LogP contribution in [-0.2, 0) is 15.8 Å². The Morgan fingerprint density at radius 1 is 1.42 bits per heavy atom. The minimum Gasteiger partial charge on any atom is -0.368 e. The van der Waals surface area contributed by atoms with Crippen LogP contribution in [0.4, 0.5) is 11.8 Å². The zero-order valence-electron chi connectivity index (χ0n) is 14.2. The molecule has 0 bridgehead atoms. The molecule has 0 unspecified atom stereocenters.